The zero-order chi connectivity index (χ0) is 15.2. The highest BCUT2D eigenvalue weighted by atomic mass is 16.2. The SMILES string of the molecule is Cc1ccc(NCC(=O)Nc2cccc(C(N)=O)c2)cc1. The van der Waals surface area contributed by atoms with E-state index in [1.807, 2.05) is 31.2 Å². The molecular weight excluding hydrogens is 266 g/mol. The van der Waals surface area contributed by atoms with Crippen LogP contribution in [0, 0.1) is 6.92 Å². The molecule has 2 aromatic rings. The van der Waals surface area contributed by atoms with Crippen molar-refractivity contribution in [1.29, 1.82) is 0 Å². The first-order chi connectivity index (χ1) is 10.0. The maximum Gasteiger partial charge on any atom is 0.248 e. The standard InChI is InChI=1S/C16H17N3O2/c1-11-5-7-13(8-6-11)18-10-15(20)19-14-4-2-3-12(9-14)16(17)21/h2-9,18H,10H2,1H3,(H2,17,21)(H,19,20). The van der Waals surface area contributed by atoms with Gasteiger partial charge >= 0.3 is 0 Å². The topological polar surface area (TPSA) is 84.2 Å². The number of hydrogen-bond acceptors (Lipinski definition) is 3. The molecule has 21 heavy (non-hydrogen) atoms. The van der Waals surface area contributed by atoms with E-state index in [0.29, 0.717) is 11.3 Å². The van der Waals surface area contributed by atoms with Crippen LogP contribution in [0.5, 0.6) is 0 Å². The van der Waals surface area contributed by atoms with Crippen molar-refractivity contribution in [1.82, 2.24) is 0 Å². The second-order valence-corrected chi connectivity index (χ2v) is 4.71. The number of anilines is 2. The molecule has 4 N–H and O–H groups in total. The number of rotatable bonds is 5. The van der Waals surface area contributed by atoms with Gasteiger partial charge in [-0.05, 0) is 37.3 Å². The third-order valence-electron chi connectivity index (χ3n) is 2.94. The van der Waals surface area contributed by atoms with E-state index in [2.05, 4.69) is 10.6 Å². The van der Waals surface area contributed by atoms with Crippen LogP contribution in [-0.4, -0.2) is 18.4 Å². The van der Waals surface area contributed by atoms with E-state index < -0.39 is 5.91 Å². The number of benzene rings is 2. The van der Waals surface area contributed by atoms with Crippen LogP contribution in [0.15, 0.2) is 48.5 Å². The quantitative estimate of drug-likeness (QED) is 0.786. The molecule has 0 heterocycles. The summed E-state index contributed by atoms with van der Waals surface area (Å²) in [5.74, 6) is -0.721. The molecule has 0 aromatic heterocycles. The van der Waals surface area contributed by atoms with Crippen molar-refractivity contribution in [2.45, 2.75) is 6.92 Å². The van der Waals surface area contributed by atoms with E-state index in [0.717, 1.165) is 11.3 Å². The fourth-order valence-electron chi connectivity index (χ4n) is 1.81. The van der Waals surface area contributed by atoms with Crippen molar-refractivity contribution in [3.63, 3.8) is 0 Å². The lowest BCUT2D eigenvalue weighted by molar-refractivity contribution is -0.114. The second-order valence-electron chi connectivity index (χ2n) is 4.71. The molecule has 0 radical (unpaired) electrons. The van der Waals surface area contributed by atoms with Crippen LogP contribution in [0.4, 0.5) is 11.4 Å². The van der Waals surface area contributed by atoms with Gasteiger partial charge in [0.05, 0.1) is 6.54 Å². The summed E-state index contributed by atoms with van der Waals surface area (Å²) >= 11 is 0. The van der Waals surface area contributed by atoms with Gasteiger partial charge in [0, 0.05) is 16.9 Å². The summed E-state index contributed by atoms with van der Waals surface area (Å²) in [5, 5.41) is 5.74. The van der Waals surface area contributed by atoms with Crippen molar-refractivity contribution < 1.29 is 9.59 Å². The first-order valence-electron chi connectivity index (χ1n) is 6.55. The van der Waals surface area contributed by atoms with Crippen LogP contribution >= 0.6 is 0 Å². The predicted octanol–water partition coefficient (Wildman–Crippen LogP) is 2.14. The van der Waals surface area contributed by atoms with Gasteiger partial charge in [-0.1, -0.05) is 23.8 Å². The van der Waals surface area contributed by atoms with E-state index in [9.17, 15) is 9.59 Å². The molecular formula is C16H17N3O2. The molecule has 108 valence electrons. The molecule has 2 aromatic carbocycles. The molecule has 0 saturated heterocycles. The van der Waals surface area contributed by atoms with Crippen molar-refractivity contribution in [2.75, 3.05) is 17.2 Å². The molecule has 0 aliphatic heterocycles. The zero-order valence-electron chi connectivity index (χ0n) is 11.7. The summed E-state index contributed by atoms with van der Waals surface area (Å²) in [7, 11) is 0. The van der Waals surface area contributed by atoms with E-state index in [4.69, 9.17) is 5.73 Å². The number of primary amides is 1. The van der Waals surface area contributed by atoms with Gasteiger partial charge in [0.15, 0.2) is 0 Å². The molecule has 2 amide bonds. The van der Waals surface area contributed by atoms with Gasteiger partial charge in [0.25, 0.3) is 0 Å². The average Bonchev–Trinajstić information content (AvgIpc) is 2.47. The molecule has 0 bridgehead atoms. The Hall–Kier alpha value is -2.82. The molecule has 0 aliphatic carbocycles. The lowest BCUT2D eigenvalue weighted by Crippen LogP contribution is -2.22. The minimum Gasteiger partial charge on any atom is -0.376 e. The van der Waals surface area contributed by atoms with Crippen LogP contribution in [0.25, 0.3) is 0 Å². The van der Waals surface area contributed by atoms with Crippen molar-refractivity contribution in [2.24, 2.45) is 5.73 Å². The Morgan fingerprint density at radius 1 is 1.05 bits per heavy atom. The monoisotopic (exact) mass is 283 g/mol. The number of carbonyl (C=O) groups is 2. The van der Waals surface area contributed by atoms with Gasteiger partial charge in [-0.25, -0.2) is 0 Å². The summed E-state index contributed by atoms with van der Waals surface area (Å²) in [4.78, 5) is 22.9. The van der Waals surface area contributed by atoms with E-state index in [1.165, 1.54) is 0 Å². The molecule has 0 spiro atoms. The summed E-state index contributed by atoms with van der Waals surface area (Å²) < 4.78 is 0. The second kappa shape index (κ2) is 6.56. The van der Waals surface area contributed by atoms with Gasteiger partial charge in [-0.15, -0.1) is 0 Å². The van der Waals surface area contributed by atoms with Crippen LogP contribution in [-0.2, 0) is 4.79 Å². The Kier molecular flexibility index (Phi) is 4.56. The highest BCUT2D eigenvalue weighted by molar-refractivity contribution is 5.97. The molecule has 0 atom stereocenters. The smallest absolute Gasteiger partial charge is 0.248 e. The Morgan fingerprint density at radius 2 is 1.76 bits per heavy atom. The van der Waals surface area contributed by atoms with Gasteiger partial charge in [-0.2, -0.15) is 0 Å². The van der Waals surface area contributed by atoms with Crippen molar-refractivity contribution >= 4 is 23.2 Å². The molecule has 5 nitrogen and oxygen atoms in total. The number of hydrogen-bond donors (Lipinski definition) is 3. The largest absolute Gasteiger partial charge is 0.376 e. The summed E-state index contributed by atoms with van der Waals surface area (Å²) in [6, 6.07) is 14.3. The van der Waals surface area contributed by atoms with Crippen LogP contribution in [0.3, 0.4) is 0 Å². The molecule has 5 heteroatoms. The molecule has 0 aliphatic rings. The van der Waals surface area contributed by atoms with Crippen molar-refractivity contribution in [3.05, 3.63) is 59.7 Å². The lowest BCUT2D eigenvalue weighted by atomic mass is 10.2. The summed E-state index contributed by atoms with van der Waals surface area (Å²) in [5.41, 5.74) is 8.14. The Labute approximate surface area is 123 Å². The van der Waals surface area contributed by atoms with E-state index in [1.54, 1.807) is 24.3 Å². The Balaban J connectivity index is 1.91. The van der Waals surface area contributed by atoms with Crippen LogP contribution in [0.1, 0.15) is 15.9 Å². The summed E-state index contributed by atoms with van der Waals surface area (Å²) in [6.45, 7) is 2.14. The predicted molar refractivity (Wildman–Crippen MR) is 83.3 cm³/mol. The maximum atomic E-state index is 11.8. The molecule has 0 saturated carbocycles. The van der Waals surface area contributed by atoms with Crippen molar-refractivity contribution in [3.8, 4) is 0 Å². The van der Waals surface area contributed by atoms with Gasteiger partial charge < -0.3 is 16.4 Å². The highest BCUT2D eigenvalue weighted by Crippen LogP contribution is 2.11. The third kappa shape index (κ3) is 4.35. The van der Waals surface area contributed by atoms with E-state index >= 15 is 0 Å². The zero-order valence-corrected chi connectivity index (χ0v) is 11.7. The normalized spacial score (nSPS) is 9.95. The van der Waals surface area contributed by atoms with E-state index in [-0.39, 0.29) is 12.5 Å². The Bertz CT molecular complexity index is 651. The minimum absolute atomic E-state index is 0.143. The molecule has 2 rings (SSSR count). The summed E-state index contributed by atoms with van der Waals surface area (Å²) in [6.07, 6.45) is 0. The average molecular weight is 283 g/mol. The first kappa shape index (κ1) is 14.6. The Morgan fingerprint density at radius 3 is 2.43 bits per heavy atom. The molecule has 0 fully saturated rings. The molecule has 0 unspecified atom stereocenters. The highest BCUT2D eigenvalue weighted by Gasteiger charge is 2.05. The van der Waals surface area contributed by atoms with Crippen LogP contribution in [0.2, 0.25) is 0 Å². The van der Waals surface area contributed by atoms with Gasteiger partial charge in [-0.3, -0.25) is 9.59 Å². The number of amides is 2. The number of aryl methyl sites for hydroxylation is 1. The minimum atomic E-state index is -0.524. The van der Waals surface area contributed by atoms with Crippen LogP contribution < -0.4 is 16.4 Å². The number of carbonyl (C=O) groups excluding carboxylic acids is 2. The number of nitrogens with one attached hydrogen (secondary N) is 2. The van der Waals surface area contributed by atoms with Gasteiger partial charge in [0.2, 0.25) is 11.8 Å². The lowest BCUT2D eigenvalue weighted by Gasteiger charge is -2.08. The maximum absolute atomic E-state index is 11.8. The fourth-order valence-corrected chi connectivity index (χ4v) is 1.81. The number of nitrogens with two attached hydrogens (primary N) is 1. The fraction of sp³-hybridized carbons (Fsp3) is 0.125. The third-order valence-corrected chi connectivity index (χ3v) is 2.94. The first-order valence-corrected chi connectivity index (χ1v) is 6.55. The van der Waals surface area contributed by atoms with Gasteiger partial charge in [0.1, 0.15) is 0 Å².